The van der Waals surface area contributed by atoms with Gasteiger partial charge in [-0.15, -0.1) is 0 Å². The molecule has 0 aromatic carbocycles. The van der Waals surface area contributed by atoms with Crippen molar-refractivity contribution < 1.29 is 0 Å². The highest BCUT2D eigenvalue weighted by Crippen LogP contribution is 1.99. The normalized spacial score (nSPS) is 10.9. The standard InChI is InChI=1S/C11H17N5/c1-10-13-3-4-16(10)6-5-15-8-11(7-12-2)14-9-15/h3-4,8-9,12H,5-7H2,1-2H3. The minimum absolute atomic E-state index is 0.817. The van der Waals surface area contributed by atoms with Crippen molar-refractivity contribution in [3.05, 3.63) is 36.4 Å². The number of nitrogens with zero attached hydrogens (tertiary/aromatic N) is 4. The third-order valence-electron chi connectivity index (χ3n) is 2.57. The summed E-state index contributed by atoms with van der Waals surface area (Å²) in [6.07, 6.45) is 7.78. The second kappa shape index (κ2) is 4.94. The maximum absolute atomic E-state index is 4.30. The molecule has 0 aliphatic carbocycles. The molecule has 5 heteroatoms. The Kier molecular flexibility index (Phi) is 3.36. The first-order valence-electron chi connectivity index (χ1n) is 5.42. The van der Waals surface area contributed by atoms with E-state index in [2.05, 4.69) is 30.6 Å². The molecule has 0 fully saturated rings. The zero-order chi connectivity index (χ0) is 11.4. The maximum atomic E-state index is 4.30. The Balaban J connectivity index is 1.92. The first-order valence-corrected chi connectivity index (χ1v) is 5.42. The molecule has 0 bridgehead atoms. The Hall–Kier alpha value is -1.62. The number of hydrogen-bond acceptors (Lipinski definition) is 3. The number of imidazole rings is 2. The summed E-state index contributed by atoms with van der Waals surface area (Å²) in [7, 11) is 1.92. The predicted octanol–water partition coefficient (Wildman–Crippen LogP) is 0.808. The molecule has 0 aliphatic rings. The summed E-state index contributed by atoms with van der Waals surface area (Å²) in [5.74, 6) is 1.05. The van der Waals surface area contributed by atoms with Crippen molar-refractivity contribution in [2.45, 2.75) is 26.6 Å². The van der Waals surface area contributed by atoms with Gasteiger partial charge < -0.3 is 14.5 Å². The zero-order valence-corrected chi connectivity index (χ0v) is 9.72. The van der Waals surface area contributed by atoms with Crippen LogP contribution < -0.4 is 5.32 Å². The molecular formula is C11H17N5. The Morgan fingerprint density at radius 3 is 2.88 bits per heavy atom. The van der Waals surface area contributed by atoms with Crippen molar-refractivity contribution in [1.29, 1.82) is 0 Å². The van der Waals surface area contributed by atoms with Crippen LogP contribution in [0.15, 0.2) is 24.9 Å². The predicted molar refractivity (Wildman–Crippen MR) is 62.0 cm³/mol. The van der Waals surface area contributed by atoms with Crippen LogP contribution in [-0.4, -0.2) is 26.1 Å². The second-order valence-electron chi connectivity index (χ2n) is 3.80. The van der Waals surface area contributed by atoms with E-state index in [0.717, 1.165) is 31.2 Å². The molecule has 0 aliphatic heterocycles. The van der Waals surface area contributed by atoms with Gasteiger partial charge in [-0.2, -0.15) is 0 Å². The van der Waals surface area contributed by atoms with Crippen molar-refractivity contribution in [1.82, 2.24) is 24.4 Å². The Morgan fingerprint density at radius 2 is 2.19 bits per heavy atom. The van der Waals surface area contributed by atoms with Crippen LogP contribution in [0.5, 0.6) is 0 Å². The van der Waals surface area contributed by atoms with Gasteiger partial charge >= 0.3 is 0 Å². The lowest BCUT2D eigenvalue weighted by Gasteiger charge is -2.05. The highest BCUT2D eigenvalue weighted by molar-refractivity contribution is 4.96. The van der Waals surface area contributed by atoms with Gasteiger partial charge in [0, 0.05) is 38.2 Å². The van der Waals surface area contributed by atoms with E-state index in [0.29, 0.717) is 0 Å². The summed E-state index contributed by atoms with van der Waals surface area (Å²) in [6, 6.07) is 0. The Labute approximate surface area is 95.1 Å². The summed E-state index contributed by atoms with van der Waals surface area (Å²) >= 11 is 0. The van der Waals surface area contributed by atoms with Crippen LogP contribution in [0.25, 0.3) is 0 Å². The van der Waals surface area contributed by atoms with Gasteiger partial charge in [0.2, 0.25) is 0 Å². The number of aryl methyl sites for hydroxylation is 3. The Morgan fingerprint density at radius 1 is 1.31 bits per heavy atom. The maximum Gasteiger partial charge on any atom is 0.105 e. The van der Waals surface area contributed by atoms with Crippen LogP contribution in [0.4, 0.5) is 0 Å². The van der Waals surface area contributed by atoms with Crippen LogP contribution >= 0.6 is 0 Å². The quantitative estimate of drug-likeness (QED) is 0.809. The fourth-order valence-electron chi connectivity index (χ4n) is 1.66. The number of aromatic nitrogens is 4. The van der Waals surface area contributed by atoms with Gasteiger partial charge in [0.25, 0.3) is 0 Å². The van der Waals surface area contributed by atoms with Crippen LogP contribution in [0.2, 0.25) is 0 Å². The third-order valence-corrected chi connectivity index (χ3v) is 2.57. The smallest absolute Gasteiger partial charge is 0.105 e. The fourth-order valence-corrected chi connectivity index (χ4v) is 1.66. The summed E-state index contributed by atoms with van der Waals surface area (Å²) in [5.41, 5.74) is 1.07. The molecule has 0 saturated carbocycles. The summed E-state index contributed by atoms with van der Waals surface area (Å²) in [5, 5.41) is 3.09. The SMILES string of the molecule is CNCc1cn(CCn2ccnc2C)cn1. The molecule has 0 amide bonds. The molecule has 5 nitrogen and oxygen atoms in total. The minimum Gasteiger partial charge on any atom is -0.335 e. The zero-order valence-electron chi connectivity index (χ0n) is 9.72. The average molecular weight is 219 g/mol. The first kappa shape index (κ1) is 10.9. The first-order chi connectivity index (χ1) is 7.79. The average Bonchev–Trinajstić information content (AvgIpc) is 2.86. The summed E-state index contributed by atoms with van der Waals surface area (Å²) < 4.78 is 4.24. The van der Waals surface area contributed by atoms with E-state index in [-0.39, 0.29) is 0 Å². The van der Waals surface area contributed by atoms with Crippen molar-refractivity contribution in [3.63, 3.8) is 0 Å². The van der Waals surface area contributed by atoms with Gasteiger partial charge in [0.15, 0.2) is 0 Å². The van der Waals surface area contributed by atoms with E-state index in [1.54, 1.807) is 0 Å². The van der Waals surface area contributed by atoms with Crippen LogP contribution in [0, 0.1) is 6.92 Å². The highest BCUT2D eigenvalue weighted by atomic mass is 15.1. The monoisotopic (exact) mass is 219 g/mol. The molecule has 0 spiro atoms. The minimum atomic E-state index is 0.817. The number of nitrogens with one attached hydrogen (secondary N) is 1. The van der Waals surface area contributed by atoms with Gasteiger partial charge in [-0.05, 0) is 14.0 Å². The fraction of sp³-hybridized carbons (Fsp3) is 0.455. The van der Waals surface area contributed by atoms with Crippen LogP contribution in [0.3, 0.4) is 0 Å². The van der Waals surface area contributed by atoms with E-state index < -0.39 is 0 Å². The van der Waals surface area contributed by atoms with E-state index in [9.17, 15) is 0 Å². The van der Waals surface area contributed by atoms with Gasteiger partial charge in [0.1, 0.15) is 5.82 Å². The molecule has 0 saturated heterocycles. The van der Waals surface area contributed by atoms with Crippen LogP contribution in [0.1, 0.15) is 11.5 Å². The molecule has 0 unspecified atom stereocenters. The van der Waals surface area contributed by atoms with E-state index in [4.69, 9.17) is 0 Å². The molecular weight excluding hydrogens is 202 g/mol. The van der Waals surface area contributed by atoms with Gasteiger partial charge in [-0.1, -0.05) is 0 Å². The molecule has 0 atom stereocenters. The van der Waals surface area contributed by atoms with Gasteiger partial charge in [-0.3, -0.25) is 0 Å². The third kappa shape index (κ3) is 2.49. The van der Waals surface area contributed by atoms with E-state index >= 15 is 0 Å². The lowest BCUT2D eigenvalue weighted by Crippen LogP contribution is -2.07. The van der Waals surface area contributed by atoms with Crippen molar-refractivity contribution in [2.24, 2.45) is 0 Å². The summed E-state index contributed by atoms with van der Waals surface area (Å²) in [4.78, 5) is 8.50. The molecule has 1 N–H and O–H groups in total. The van der Waals surface area contributed by atoms with Crippen molar-refractivity contribution >= 4 is 0 Å². The van der Waals surface area contributed by atoms with Crippen molar-refractivity contribution in [2.75, 3.05) is 7.05 Å². The molecule has 2 aromatic rings. The molecule has 86 valence electrons. The Bertz CT molecular complexity index is 443. The summed E-state index contributed by atoms with van der Waals surface area (Å²) in [6.45, 7) is 4.69. The van der Waals surface area contributed by atoms with Crippen molar-refractivity contribution in [3.8, 4) is 0 Å². The number of rotatable bonds is 5. The molecule has 16 heavy (non-hydrogen) atoms. The highest BCUT2D eigenvalue weighted by Gasteiger charge is 1.99. The number of hydrogen-bond donors (Lipinski definition) is 1. The van der Waals surface area contributed by atoms with Crippen LogP contribution in [-0.2, 0) is 19.6 Å². The van der Waals surface area contributed by atoms with E-state index in [1.807, 2.05) is 32.7 Å². The topological polar surface area (TPSA) is 47.7 Å². The lowest BCUT2D eigenvalue weighted by atomic mass is 10.5. The van der Waals surface area contributed by atoms with Gasteiger partial charge in [-0.25, -0.2) is 9.97 Å². The second-order valence-corrected chi connectivity index (χ2v) is 3.80. The molecule has 2 aromatic heterocycles. The lowest BCUT2D eigenvalue weighted by molar-refractivity contribution is 0.567. The van der Waals surface area contributed by atoms with Gasteiger partial charge in [0.05, 0.1) is 12.0 Å². The molecule has 2 heterocycles. The van der Waals surface area contributed by atoms with E-state index in [1.165, 1.54) is 0 Å². The molecule has 0 radical (unpaired) electrons. The largest absolute Gasteiger partial charge is 0.335 e. The molecule has 2 rings (SSSR count).